The van der Waals surface area contributed by atoms with Crippen molar-refractivity contribution in [3.05, 3.63) is 21.9 Å². The average Bonchev–Trinajstić information content (AvgIpc) is 2.74. The van der Waals surface area contributed by atoms with Gasteiger partial charge in [-0.05, 0) is 51.0 Å². The van der Waals surface area contributed by atoms with Gasteiger partial charge in [-0.25, -0.2) is 4.79 Å². The smallest absolute Gasteiger partial charge is 0.408 e. The van der Waals surface area contributed by atoms with E-state index in [2.05, 4.69) is 5.32 Å². The molecular weight excluding hydrogens is 292 g/mol. The summed E-state index contributed by atoms with van der Waals surface area (Å²) in [6.07, 6.45) is 2.15. The third-order valence-corrected chi connectivity index (χ3v) is 4.25. The van der Waals surface area contributed by atoms with Gasteiger partial charge in [0.2, 0.25) is 0 Å². The first-order valence-corrected chi connectivity index (χ1v) is 8.50. The number of amides is 1. The summed E-state index contributed by atoms with van der Waals surface area (Å²) >= 11 is 3.05. The van der Waals surface area contributed by atoms with E-state index in [4.69, 9.17) is 10.1 Å². The third-order valence-electron chi connectivity index (χ3n) is 2.45. The number of alkyl carbamates (subject to hydrolysis) is 1. The van der Waals surface area contributed by atoms with E-state index in [1.165, 1.54) is 11.8 Å². The molecule has 6 heteroatoms. The minimum atomic E-state index is -0.488. The van der Waals surface area contributed by atoms with Crippen molar-refractivity contribution < 1.29 is 9.53 Å². The Hall–Kier alpha value is -1.01. The molecule has 0 bridgehead atoms. The second-order valence-corrected chi connectivity index (χ2v) is 7.37. The fraction of sp³-hybridized carbons (Fsp3) is 0.571. The highest BCUT2D eigenvalue weighted by atomic mass is 32.2. The molecule has 1 aromatic heterocycles. The number of rotatable bonds is 4. The summed E-state index contributed by atoms with van der Waals surface area (Å²) < 4.78 is 5.24. The van der Waals surface area contributed by atoms with Crippen molar-refractivity contribution >= 4 is 34.2 Å². The Kier molecular flexibility index (Phi) is 6.07. The van der Waals surface area contributed by atoms with Gasteiger partial charge in [-0.1, -0.05) is 0 Å². The standard InChI is InChI=1S/C14H22N2O2S2/c1-9(16-13(17)18-14(2,3)4)11-6-10(8-20-11)7-12(15)19-5/h6,8-9,15H,7H2,1-5H3,(H,16,17)/t9-/m1/s1. The number of thiophene rings is 1. The summed E-state index contributed by atoms with van der Waals surface area (Å²) in [5, 5.41) is 13.2. The van der Waals surface area contributed by atoms with Crippen LogP contribution < -0.4 is 5.32 Å². The van der Waals surface area contributed by atoms with Crippen LogP contribution in [-0.2, 0) is 11.2 Å². The molecule has 0 aliphatic carbocycles. The third kappa shape index (κ3) is 5.96. The lowest BCUT2D eigenvalue weighted by Crippen LogP contribution is -2.33. The molecule has 1 heterocycles. The summed E-state index contributed by atoms with van der Waals surface area (Å²) in [5.41, 5.74) is 0.625. The molecule has 0 aromatic carbocycles. The minimum absolute atomic E-state index is 0.0907. The van der Waals surface area contributed by atoms with Gasteiger partial charge in [0.1, 0.15) is 5.60 Å². The molecule has 4 nitrogen and oxygen atoms in total. The molecule has 20 heavy (non-hydrogen) atoms. The van der Waals surface area contributed by atoms with Crippen molar-refractivity contribution in [2.75, 3.05) is 6.26 Å². The molecule has 1 amide bonds. The van der Waals surface area contributed by atoms with Gasteiger partial charge < -0.3 is 10.1 Å². The monoisotopic (exact) mass is 314 g/mol. The van der Waals surface area contributed by atoms with Gasteiger partial charge in [-0.3, -0.25) is 5.41 Å². The fourth-order valence-electron chi connectivity index (χ4n) is 1.53. The van der Waals surface area contributed by atoms with Gasteiger partial charge >= 0.3 is 6.09 Å². The molecule has 2 N–H and O–H groups in total. The van der Waals surface area contributed by atoms with Crippen LogP contribution in [0.4, 0.5) is 4.79 Å². The second kappa shape index (κ2) is 7.13. The zero-order valence-corrected chi connectivity index (χ0v) is 14.2. The van der Waals surface area contributed by atoms with Gasteiger partial charge in [0.25, 0.3) is 0 Å². The van der Waals surface area contributed by atoms with Crippen LogP contribution in [0.15, 0.2) is 11.4 Å². The quantitative estimate of drug-likeness (QED) is 0.646. The number of nitrogens with one attached hydrogen (secondary N) is 2. The molecule has 1 rings (SSSR count). The van der Waals surface area contributed by atoms with Gasteiger partial charge in [0, 0.05) is 11.3 Å². The number of carbonyl (C=O) groups is 1. The lowest BCUT2D eigenvalue weighted by atomic mass is 10.2. The molecule has 0 radical (unpaired) electrons. The first kappa shape index (κ1) is 17.0. The lowest BCUT2D eigenvalue weighted by molar-refractivity contribution is 0.0509. The number of thioether (sulfide) groups is 1. The van der Waals surface area contributed by atoms with E-state index in [1.807, 2.05) is 45.4 Å². The van der Waals surface area contributed by atoms with Crippen molar-refractivity contribution in [3.63, 3.8) is 0 Å². The van der Waals surface area contributed by atoms with Crippen molar-refractivity contribution in [2.24, 2.45) is 0 Å². The normalized spacial score (nSPS) is 12.8. The highest BCUT2D eigenvalue weighted by molar-refractivity contribution is 8.13. The van der Waals surface area contributed by atoms with Crippen LogP contribution in [0.2, 0.25) is 0 Å². The van der Waals surface area contributed by atoms with Gasteiger partial charge in [0.05, 0.1) is 11.1 Å². The van der Waals surface area contributed by atoms with Gasteiger partial charge in [-0.15, -0.1) is 23.1 Å². The summed E-state index contributed by atoms with van der Waals surface area (Å²) in [6.45, 7) is 7.46. The van der Waals surface area contributed by atoms with E-state index in [0.717, 1.165) is 10.4 Å². The summed E-state index contributed by atoms with van der Waals surface area (Å²) in [7, 11) is 0. The summed E-state index contributed by atoms with van der Waals surface area (Å²) in [4.78, 5) is 12.8. The molecule has 0 saturated heterocycles. The highest BCUT2D eigenvalue weighted by Crippen LogP contribution is 2.23. The zero-order valence-electron chi connectivity index (χ0n) is 12.6. The minimum Gasteiger partial charge on any atom is -0.444 e. The van der Waals surface area contributed by atoms with Crippen LogP contribution in [0.5, 0.6) is 0 Å². The maximum absolute atomic E-state index is 11.7. The first-order chi connectivity index (χ1) is 9.21. The van der Waals surface area contributed by atoms with E-state index >= 15 is 0 Å². The predicted octanol–water partition coefficient (Wildman–Crippen LogP) is 4.22. The second-order valence-electron chi connectivity index (χ2n) is 5.53. The zero-order chi connectivity index (χ0) is 15.3. The molecule has 1 aromatic rings. The molecule has 112 valence electrons. The number of carbonyl (C=O) groups excluding carboxylic acids is 1. The van der Waals surface area contributed by atoms with Crippen LogP contribution in [0, 0.1) is 5.41 Å². The Bertz CT molecular complexity index is 478. The summed E-state index contributed by atoms with van der Waals surface area (Å²) in [6, 6.07) is 1.95. The topological polar surface area (TPSA) is 62.2 Å². The number of hydrogen-bond donors (Lipinski definition) is 2. The fourth-order valence-corrected chi connectivity index (χ4v) is 2.76. The number of ether oxygens (including phenoxy) is 1. The first-order valence-electron chi connectivity index (χ1n) is 6.39. The van der Waals surface area contributed by atoms with E-state index < -0.39 is 11.7 Å². The molecule has 0 unspecified atom stereocenters. The Morgan fingerprint density at radius 1 is 1.55 bits per heavy atom. The lowest BCUT2D eigenvalue weighted by Gasteiger charge is -2.21. The molecule has 0 aliphatic rings. The number of hydrogen-bond acceptors (Lipinski definition) is 5. The van der Waals surface area contributed by atoms with Crippen LogP contribution in [0.3, 0.4) is 0 Å². The Labute approximate surface area is 128 Å². The summed E-state index contributed by atoms with van der Waals surface area (Å²) in [5.74, 6) is 0. The van der Waals surface area contributed by atoms with E-state index in [0.29, 0.717) is 11.5 Å². The average molecular weight is 314 g/mol. The Balaban J connectivity index is 2.58. The maximum atomic E-state index is 11.7. The largest absolute Gasteiger partial charge is 0.444 e. The molecule has 0 saturated carbocycles. The van der Waals surface area contributed by atoms with Gasteiger partial charge in [-0.2, -0.15) is 0 Å². The van der Waals surface area contributed by atoms with Crippen LogP contribution in [0.1, 0.15) is 44.2 Å². The maximum Gasteiger partial charge on any atom is 0.408 e. The van der Waals surface area contributed by atoms with E-state index in [-0.39, 0.29) is 6.04 Å². The Morgan fingerprint density at radius 2 is 2.20 bits per heavy atom. The highest BCUT2D eigenvalue weighted by Gasteiger charge is 2.19. The van der Waals surface area contributed by atoms with Crippen LogP contribution >= 0.6 is 23.1 Å². The van der Waals surface area contributed by atoms with E-state index in [1.54, 1.807) is 11.3 Å². The van der Waals surface area contributed by atoms with Crippen molar-refractivity contribution in [1.29, 1.82) is 5.41 Å². The Morgan fingerprint density at radius 3 is 2.75 bits per heavy atom. The molecular formula is C14H22N2O2S2. The van der Waals surface area contributed by atoms with Crippen molar-refractivity contribution in [3.8, 4) is 0 Å². The molecule has 0 aliphatic heterocycles. The molecule has 0 fully saturated rings. The molecule has 0 spiro atoms. The van der Waals surface area contributed by atoms with Crippen molar-refractivity contribution in [2.45, 2.75) is 45.8 Å². The van der Waals surface area contributed by atoms with Gasteiger partial charge in [0.15, 0.2) is 0 Å². The SMILES string of the molecule is CSC(=N)Cc1csc([C@@H](C)NC(=O)OC(C)(C)C)c1. The van der Waals surface area contributed by atoms with Crippen LogP contribution in [0.25, 0.3) is 0 Å². The predicted molar refractivity (Wildman–Crippen MR) is 87.0 cm³/mol. The van der Waals surface area contributed by atoms with Crippen molar-refractivity contribution in [1.82, 2.24) is 5.32 Å². The van der Waals surface area contributed by atoms with Crippen LogP contribution in [-0.4, -0.2) is 23.0 Å². The van der Waals surface area contributed by atoms with E-state index in [9.17, 15) is 4.79 Å². The molecule has 1 atom stereocenters.